The molecule has 3 fully saturated rings. The minimum absolute atomic E-state index is 0.617. The van der Waals surface area contributed by atoms with Crippen molar-refractivity contribution < 1.29 is 74.4 Å². The molecule has 16 heteroatoms. The van der Waals surface area contributed by atoms with Crippen molar-refractivity contribution >= 4 is 5.91 Å². The standard InChI is InChI=1S/C21H37NO15/c1-5-10(25)14(29)18(37-20-9(22-7(3)24)12(27)11(26)8(4-23)35-20)21(33-5)34-6(2)17-15(30)13(28)16(31)19(32)36-17/h5-6,8-21,23,25-32H,4H2,1-3H3,(H,22,24)/t5-,6+,8-,9-,10-,11-,12-,13+,14+,15+,16-,17-,18+,19-,20+,21-/m1/s1. The van der Waals surface area contributed by atoms with Crippen molar-refractivity contribution in [1.29, 1.82) is 0 Å². The van der Waals surface area contributed by atoms with Gasteiger partial charge in [-0.05, 0) is 13.8 Å². The molecule has 3 aliphatic heterocycles. The normalized spacial score (nSPS) is 49.9. The average Bonchev–Trinajstić information content (AvgIpc) is 2.84. The lowest BCUT2D eigenvalue weighted by molar-refractivity contribution is -0.367. The van der Waals surface area contributed by atoms with Crippen LogP contribution in [0, 0.1) is 0 Å². The summed E-state index contributed by atoms with van der Waals surface area (Å²) in [7, 11) is 0. The number of rotatable bonds is 7. The highest BCUT2D eigenvalue weighted by Crippen LogP contribution is 2.32. The van der Waals surface area contributed by atoms with Gasteiger partial charge in [-0.25, -0.2) is 0 Å². The summed E-state index contributed by atoms with van der Waals surface area (Å²) >= 11 is 0. The molecule has 0 aromatic heterocycles. The van der Waals surface area contributed by atoms with Crippen molar-refractivity contribution in [2.75, 3.05) is 6.61 Å². The Labute approximate surface area is 211 Å². The minimum Gasteiger partial charge on any atom is -0.394 e. The van der Waals surface area contributed by atoms with Crippen molar-refractivity contribution in [3.63, 3.8) is 0 Å². The molecule has 3 rings (SSSR count). The van der Waals surface area contributed by atoms with Gasteiger partial charge in [0.2, 0.25) is 5.91 Å². The third kappa shape index (κ3) is 6.39. The fourth-order valence-corrected chi connectivity index (χ4v) is 4.56. The van der Waals surface area contributed by atoms with Crippen molar-refractivity contribution in [3.8, 4) is 0 Å². The highest BCUT2D eigenvalue weighted by Gasteiger charge is 2.52. The molecule has 3 saturated heterocycles. The molecule has 0 unspecified atom stereocenters. The van der Waals surface area contributed by atoms with E-state index < -0.39 is 111 Å². The predicted octanol–water partition coefficient (Wildman–Crippen LogP) is -6.01. The molecule has 216 valence electrons. The Hall–Kier alpha value is -1.09. The SMILES string of the molecule is CC(=O)N[C@H]1[C@H](O[C@@H]2[C@@H](O[C@@H](C)[C@H]3O[C@@H](O)[C@H](O)[C@@H](O)[C@@H]3O)O[C@H](C)[C@@H](O)[C@@H]2O)O[C@H](CO)[C@@H](O)[C@@H]1O. The van der Waals surface area contributed by atoms with Crippen LogP contribution in [0.2, 0.25) is 0 Å². The third-order valence-corrected chi connectivity index (χ3v) is 6.76. The second kappa shape index (κ2) is 12.4. The second-order valence-corrected chi connectivity index (χ2v) is 9.53. The Morgan fingerprint density at radius 1 is 0.838 bits per heavy atom. The fourth-order valence-electron chi connectivity index (χ4n) is 4.56. The van der Waals surface area contributed by atoms with Crippen LogP contribution in [0.4, 0.5) is 0 Å². The number of nitrogens with one attached hydrogen (secondary N) is 1. The molecule has 0 aliphatic carbocycles. The van der Waals surface area contributed by atoms with Gasteiger partial charge in [0, 0.05) is 6.92 Å². The Kier molecular flexibility index (Phi) is 10.2. The minimum atomic E-state index is -1.84. The first-order chi connectivity index (χ1) is 17.3. The average molecular weight is 544 g/mol. The molecule has 0 aromatic rings. The Bertz CT molecular complexity index is 761. The lowest BCUT2D eigenvalue weighted by Gasteiger charge is -2.48. The molecule has 37 heavy (non-hydrogen) atoms. The van der Waals surface area contributed by atoms with Gasteiger partial charge >= 0.3 is 0 Å². The monoisotopic (exact) mass is 543 g/mol. The van der Waals surface area contributed by atoms with E-state index >= 15 is 0 Å². The molecule has 0 bridgehead atoms. The van der Waals surface area contributed by atoms with E-state index in [4.69, 9.17) is 23.7 Å². The van der Waals surface area contributed by atoms with Crippen LogP contribution in [0.15, 0.2) is 0 Å². The predicted molar refractivity (Wildman–Crippen MR) is 116 cm³/mol. The van der Waals surface area contributed by atoms with Gasteiger partial charge in [0.15, 0.2) is 18.9 Å². The number of carbonyl (C=O) groups is 1. The third-order valence-electron chi connectivity index (χ3n) is 6.76. The number of amides is 1. The first-order valence-electron chi connectivity index (χ1n) is 11.9. The van der Waals surface area contributed by atoms with Crippen LogP contribution < -0.4 is 5.32 Å². The van der Waals surface area contributed by atoms with Gasteiger partial charge in [-0.1, -0.05) is 0 Å². The number of hydrogen-bond donors (Lipinski definition) is 10. The summed E-state index contributed by atoms with van der Waals surface area (Å²) < 4.78 is 27.9. The summed E-state index contributed by atoms with van der Waals surface area (Å²) in [5.74, 6) is -0.617. The van der Waals surface area contributed by atoms with Gasteiger partial charge in [-0.15, -0.1) is 0 Å². The first-order valence-corrected chi connectivity index (χ1v) is 11.9. The summed E-state index contributed by atoms with van der Waals surface area (Å²) in [6.07, 6.45) is -22.9. The first kappa shape index (κ1) is 30.5. The van der Waals surface area contributed by atoms with E-state index in [1.807, 2.05) is 0 Å². The maximum absolute atomic E-state index is 11.7. The van der Waals surface area contributed by atoms with E-state index in [2.05, 4.69) is 5.32 Å². The molecular formula is C21H37NO15. The van der Waals surface area contributed by atoms with Crippen LogP contribution >= 0.6 is 0 Å². The quantitative estimate of drug-likeness (QED) is 0.143. The Morgan fingerprint density at radius 3 is 2.08 bits per heavy atom. The Balaban J connectivity index is 1.82. The van der Waals surface area contributed by atoms with Crippen molar-refractivity contribution in [2.24, 2.45) is 0 Å². The fraction of sp³-hybridized carbons (Fsp3) is 0.952. The van der Waals surface area contributed by atoms with Crippen LogP contribution in [0.3, 0.4) is 0 Å². The van der Waals surface area contributed by atoms with Crippen LogP contribution in [0.25, 0.3) is 0 Å². The van der Waals surface area contributed by atoms with E-state index in [1.54, 1.807) is 0 Å². The molecule has 0 spiro atoms. The molecule has 0 aromatic carbocycles. The number of hydrogen-bond acceptors (Lipinski definition) is 15. The molecule has 0 saturated carbocycles. The molecular weight excluding hydrogens is 506 g/mol. The van der Waals surface area contributed by atoms with E-state index in [9.17, 15) is 50.8 Å². The summed E-state index contributed by atoms with van der Waals surface area (Å²) in [6, 6.07) is -1.37. The van der Waals surface area contributed by atoms with Gasteiger partial charge < -0.3 is 75.0 Å². The molecule has 3 heterocycles. The van der Waals surface area contributed by atoms with Crippen LogP contribution in [0.1, 0.15) is 20.8 Å². The van der Waals surface area contributed by atoms with Crippen molar-refractivity contribution in [1.82, 2.24) is 5.32 Å². The molecule has 16 nitrogen and oxygen atoms in total. The van der Waals surface area contributed by atoms with Gasteiger partial charge in [0.1, 0.15) is 67.1 Å². The maximum atomic E-state index is 11.7. The Morgan fingerprint density at radius 2 is 1.49 bits per heavy atom. The maximum Gasteiger partial charge on any atom is 0.217 e. The molecule has 0 radical (unpaired) electrons. The van der Waals surface area contributed by atoms with E-state index in [-0.39, 0.29) is 0 Å². The number of aliphatic hydroxyl groups is 9. The summed E-state index contributed by atoms with van der Waals surface area (Å²) in [5, 5.41) is 93.6. The summed E-state index contributed by atoms with van der Waals surface area (Å²) in [4.78, 5) is 11.7. The van der Waals surface area contributed by atoms with Crippen molar-refractivity contribution in [2.45, 2.75) is 119 Å². The largest absolute Gasteiger partial charge is 0.394 e. The zero-order chi connectivity index (χ0) is 27.8. The summed E-state index contributed by atoms with van der Waals surface area (Å²) in [5.41, 5.74) is 0. The van der Waals surface area contributed by atoms with Crippen molar-refractivity contribution in [3.05, 3.63) is 0 Å². The number of carbonyl (C=O) groups excluding carboxylic acids is 1. The molecule has 3 aliphatic rings. The van der Waals surface area contributed by atoms with Crippen LogP contribution in [0.5, 0.6) is 0 Å². The van der Waals surface area contributed by atoms with Crippen LogP contribution in [-0.4, -0.2) is 157 Å². The molecule has 1 amide bonds. The van der Waals surface area contributed by atoms with Gasteiger partial charge in [-0.3, -0.25) is 4.79 Å². The lowest BCUT2D eigenvalue weighted by atomic mass is 9.95. The summed E-state index contributed by atoms with van der Waals surface area (Å²) in [6.45, 7) is 3.23. The smallest absolute Gasteiger partial charge is 0.217 e. The lowest BCUT2D eigenvalue weighted by Crippen LogP contribution is -2.67. The second-order valence-electron chi connectivity index (χ2n) is 9.53. The highest BCUT2D eigenvalue weighted by molar-refractivity contribution is 5.73. The number of aliphatic hydroxyl groups excluding tert-OH is 9. The van der Waals surface area contributed by atoms with E-state index in [1.165, 1.54) is 13.8 Å². The number of ether oxygens (including phenoxy) is 5. The molecule has 16 atom stereocenters. The molecule has 10 N–H and O–H groups in total. The zero-order valence-corrected chi connectivity index (χ0v) is 20.4. The topological polar surface area (TPSA) is 257 Å². The van der Waals surface area contributed by atoms with E-state index in [0.717, 1.165) is 6.92 Å². The van der Waals surface area contributed by atoms with Gasteiger partial charge in [0.05, 0.1) is 18.8 Å². The zero-order valence-electron chi connectivity index (χ0n) is 20.4. The van der Waals surface area contributed by atoms with Crippen LogP contribution in [-0.2, 0) is 28.5 Å². The van der Waals surface area contributed by atoms with Gasteiger partial charge in [0.25, 0.3) is 0 Å². The highest BCUT2D eigenvalue weighted by atomic mass is 16.8. The van der Waals surface area contributed by atoms with Gasteiger partial charge in [-0.2, -0.15) is 0 Å². The van der Waals surface area contributed by atoms with E-state index in [0.29, 0.717) is 0 Å².